The summed E-state index contributed by atoms with van der Waals surface area (Å²) in [6, 6.07) is 6.39. The molecular weight excluding hydrogens is 560 g/mol. The van der Waals surface area contributed by atoms with E-state index in [1.165, 1.54) is 39.2 Å². The van der Waals surface area contributed by atoms with Crippen molar-refractivity contribution in [3.05, 3.63) is 46.1 Å². The first-order chi connectivity index (χ1) is 19.8. The van der Waals surface area contributed by atoms with Crippen LogP contribution in [0.4, 0.5) is 0 Å². The molecule has 14 nitrogen and oxygen atoms in total. The fourth-order valence-electron chi connectivity index (χ4n) is 5.26. The molecule has 2 aliphatic rings. The summed E-state index contributed by atoms with van der Waals surface area (Å²) in [7, 11) is 1.35. The second-order valence-corrected chi connectivity index (χ2v) is 10.4. The lowest BCUT2D eigenvalue weighted by atomic mass is 9.89. The van der Waals surface area contributed by atoms with Crippen LogP contribution in [0.1, 0.15) is 25.5 Å². The smallest absolute Gasteiger partial charge is 0.197 e. The summed E-state index contributed by atoms with van der Waals surface area (Å²) in [5, 5.41) is 83.9. The largest absolute Gasteiger partial charge is 0.507 e. The van der Waals surface area contributed by atoms with Crippen molar-refractivity contribution >= 4 is 11.0 Å². The van der Waals surface area contributed by atoms with E-state index in [1.54, 1.807) is 0 Å². The highest BCUT2D eigenvalue weighted by atomic mass is 16.7. The minimum Gasteiger partial charge on any atom is -0.507 e. The number of methoxy groups -OCH3 is 1. The third-order valence-electron chi connectivity index (χ3n) is 7.69. The lowest BCUT2D eigenvalue weighted by Gasteiger charge is -2.46. The van der Waals surface area contributed by atoms with Crippen LogP contribution in [-0.4, -0.2) is 103 Å². The van der Waals surface area contributed by atoms with Gasteiger partial charge in [-0.1, -0.05) is 0 Å². The molecule has 2 fully saturated rings. The normalized spacial score (nSPS) is 33.5. The Balaban J connectivity index is 1.58. The minimum atomic E-state index is -1.77. The van der Waals surface area contributed by atoms with E-state index >= 15 is 0 Å². The third kappa shape index (κ3) is 5.05. The summed E-state index contributed by atoms with van der Waals surface area (Å²) in [4.78, 5) is 13.2. The van der Waals surface area contributed by atoms with Crippen molar-refractivity contribution in [1.82, 2.24) is 0 Å². The molecule has 0 amide bonds. The number of benzene rings is 2. The van der Waals surface area contributed by atoms with E-state index in [1.807, 2.05) is 0 Å². The number of aromatic hydroxyl groups is 3. The maximum Gasteiger partial charge on any atom is 0.197 e. The van der Waals surface area contributed by atoms with Crippen molar-refractivity contribution in [3.8, 4) is 34.3 Å². The van der Waals surface area contributed by atoms with Crippen LogP contribution >= 0.6 is 0 Å². The molecule has 1 aromatic heterocycles. The van der Waals surface area contributed by atoms with Crippen LogP contribution in [0.5, 0.6) is 23.0 Å². The SMILES string of the molecule is COc1cc(-c2cc(=O)c3c(O)c([C@H]4O[C@@H](C)[C@H](O)[C@@H](O)[C@@H]4O[C@H]4O[C@H](C)[C@@H](O)[C@H](O)[C@@H]4O)c(O)cc3o2)ccc1O. The van der Waals surface area contributed by atoms with Gasteiger partial charge in [0.2, 0.25) is 0 Å². The van der Waals surface area contributed by atoms with Crippen molar-refractivity contribution in [1.29, 1.82) is 0 Å². The molecule has 3 heterocycles. The second-order valence-electron chi connectivity index (χ2n) is 10.4. The number of ether oxygens (including phenoxy) is 4. The molecule has 0 saturated carbocycles. The van der Waals surface area contributed by atoms with E-state index in [4.69, 9.17) is 23.4 Å². The number of phenols is 3. The zero-order valence-corrected chi connectivity index (χ0v) is 22.7. The highest BCUT2D eigenvalue weighted by Gasteiger charge is 2.50. The van der Waals surface area contributed by atoms with Crippen molar-refractivity contribution in [2.45, 2.75) is 75.1 Å². The molecule has 0 bridgehead atoms. The fraction of sp³-hybridized carbons (Fsp3) is 0.464. The summed E-state index contributed by atoms with van der Waals surface area (Å²) in [6.45, 7) is 2.84. The predicted octanol–water partition coefficient (Wildman–Crippen LogP) is -0.0203. The average Bonchev–Trinajstić information content (AvgIpc) is 2.95. The molecule has 0 unspecified atom stereocenters. The van der Waals surface area contributed by atoms with Gasteiger partial charge in [0.05, 0.1) is 24.9 Å². The maximum atomic E-state index is 13.2. The fourth-order valence-corrected chi connectivity index (χ4v) is 5.26. The number of phenolic OH excluding ortho intramolecular Hbond substituents is 3. The van der Waals surface area contributed by atoms with Gasteiger partial charge in [0.25, 0.3) is 0 Å². The lowest BCUT2D eigenvalue weighted by molar-refractivity contribution is -0.336. The minimum absolute atomic E-state index is 0.0398. The Morgan fingerprint density at radius 3 is 2.14 bits per heavy atom. The molecule has 8 N–H and O–H groups in total. The molecule has 0 spiro atoms. The number of hydrogen-bond acceptors (Lipinski definition) is 14. The van der Waals surface area contributed by atoms with Crippen LogP contribution in [0, 0.1) is 0 Å². The van der Waals surface area contributed by atoms with Gasteiger partial charge in [-0.2, -0.15) is 0 Å². The summed E-state index contributed by atoms with van der Waals surface area (Å²) < 4.78 is 27.9. The number of aliphatic hydroxyl groups excluding tert-OH is 5. The van der Waals surface area contributed by atoms with Gasteiger partial charge in [0.1, 0.15) is 71.0 Å². The van der Waals surface area contributed by atoms with Crippen molar-refractivity contribution in [2.24, 2.45) is 0 Å². The zero-order chi connectivity index (χ0) is 30.6. The Hall–Kier alpha value is -3.47. The molecule has 228 valence electrons. The van der Waals surface area contributed by atoms with Gasteiger partial charge < -0.3 is 64.2 Å². The Kier molecular flexibility index (Phi) is 8.08. The molecule has 14 heteroatoms. The van der Waals surface area contributed by atoms with E-state index in [9.17, 15) is 45.6 Å². The van der Waals surface area contributed by atoms with Gasteiger partial charge in [0.15, 0.2) is 23.2 Å². The van der Waals surface area contributed by atoms with Gasteiger partial charge in [-0.25, -0.2) is 0 Å². The van der Waals surface area contributed by atoms with Crippen molar-refractivity contribution in [3.63, 3.8) is 0 Å². The van der Waals surface area contributed by atoms with Crippen LogP contribution in [0.15, 0.2) is 39.5 Å². The van der Waals surface area contributed by atoms with Gasteiger partial charge in [-0.15, -0.1) is 0 Å². The van der Waals surface area contributed by atoms with Crippen LogP contribution in [-0.2, 0) is 14.2 Å². The first kappa shape index (κ1) is 30.0. The van der Waals surface area contributed by atoms with Gasteiger partial charge >= 0.3 is 0 Å². The molecule has 0 aliphatic carbocycles. The molecule has 0 radical (unpaired) electrons. The topological polar surface area (TPSA) is 229 Å². The highest BCUT2D eigenvalue weighted by Crippen LogP contribution is 2.46. The highest BCUT2D eigenvalue weighted by molar-refractivity contribution is 5.88. The monoisotopic (exact) mass is 592 g/mol. The number of fused-ring (bicyclic) bond motifs is 1. The summed E-state index contributed by atoms with van der Waals surface area (Å²) in [6.07, 6.45) is -14.9. The molecule has 42 heavy (non-hydrogen) atoms. The molecule has 5 rings (SSSR count). The van der Waals surface area contributed by atoms with E-state index in [-0.39, 0.29) is 33.8 Å². The van der Waals surface area contributed by atoms with Crippen molar-refractivity contribution in [2.75, 3.05) is 7.11 Å². The zero-order valence-electron chi connectivity index (χ0n) is 22.7. The van der Waals surface area contributed by atoms with E-state index in [2.05, 4.69) is 0 Å². The first-order valence-electron chi connectivity index (χ1n) is 13.1. The Labute approximate surface area is 238 Å². The lowest BCUT2D eigenvalue weighted by Crippen LogP contribution is -2.61. The number of rotatable bonds is 5. The van der Waals surface area contributed by atoms with E-state index in [0.29, 0.717) is 5.56 Å². The Morgan fingerprint density at radius 1 is 0.786 bits per heavy atom. The summed E-state index contributed by atoms with van der Waals surface area (Å²) in [5.41, 5.74) is -0.942. The van der Waals surface area contributed by atoms with Crippen LogP contribution in [0.3, 0.4) is 0 Å². The quantitative estimate of drug-likeness (QED) is 0.195. The van der Waals surface area contributed by atoms with E-state index in [0.717, 1.165) is 12.1 Å². The Bertz CT molecular complexity index is 1520. The maximum absolute atomic E-state index is 13.2. The molecule has 2 saturated heterocycles. The van der Waals surface area contributed by atoms with Gasteiger partial charge in [-0.05, 0) is 32.0 Å². The first-order valence-corrected chi connectivity index (χ1v) is 13.1. The molecule has 3 aromatic rings. The van der Waals surface area contributed by atoms with Crippen LogP contribution in [0.2, 0.25) is 0 Å². The van der Waals surface area contributed by atoms with Gasteiger partial charge in [0, 0.05) is 17.7 Å². The molecule has 2 aliphatic heterocycles. The molecule has 10 atom stereocenters. The second kappa shape index (κ2) is 11.3. The van der Waals surface area contributed by atoms with Gasteiger partial charge in [-0.3, -0.25) is 4.79 Å². The number of hydrogen-bond donors (Lipinski definition) is 8. The molecule has 2 aromatic carbocycles. The van der Waals surface area contributed by atoms with Crippen molar-refractivity contribution < 1.29 is 64.2 Å². The predicted molar refractivity (Wildman–Crippen MR) is 142 cm³/mol. The summed E-state index contributed by atoms with van der Waals surface area (Å²) >= 11 is 0. The third-order valence-corrected chi connectivity index (χ3v) is 7.69. The standard InChI is InChI=1S/C28H32O14/c1-9-21(33)24(36)27(42-28-25(37)23(35)20(32)10(2)40-28)26(39-9)19-14(31)8-17-18(22(19)34)13(30)7-15(41-17)11-4-5-12(29)16(6-11)38-3/h4-10,20-21,23-29,31-37H,1-3H3/t9-,10+,20+,21-,23-,24+,25-,26+,27-,28+/m0/s1. The van der Waals surface area contributed by atoms with Crippen LogP contribution < -0.4 is 10.2 Å². The summed E-state index contributed by atoms with van der Waals surface area (Å²) in [5.74, 6) is -1.35. The van der Waals surface area contributed by atoms with Crippen LogP contribution in [0.25, 0.3) is 22.3 Å². The van der Waals surface area contributed by atoms with E-state index < -0.39 is 78.2 Å². The Morgan fingerprint density at radius 2 is 1.45 bits per heavy atom. The number of aliphatic hydroxyl groups is 5. The molecular formula is C28H32O14. The average molecular weight is 593 g/mol.